The molecular weight excluding hydrogens is 401 g/mol. The fourth-order valence-corrected chi connectivity index (χ4v) is 3.11. The van der Waals surface area contributed by atoms with E-state index in [0.717, 1.165) is 12.1 Å². The highest BCUT2D eigenvalue weighted by molar-refractivity contribution is 5.97. The summed E-state index contributed by atoms with van der Waals surface area (Å²) in [6.07, 6.45) is -1.73. The molecule has 0 bridgehead atoms. The Labute approximate surface area is 170 Å². The standard InChI is InChI=1S/C20H19F3N4O3/c21-20(22,23)16-6-2-1-5-15(16)19(30)27-10-8-26(9-11-27)17(28)13-25-18(29)14-4-3-7-24-12-14/h1-7,12H,8-11,13H2,(H,25,29). The first-order valence-electron chi connectivity index (χ1n) is 9.19. The van der Waals surface area contributed by atoms with Crippen molar-refractivity contribution in [2.24, 2.45) is 0 Å². The maximum Gasteiger partial charge on any atom is 0.417 e. The zero-order valence-corrected chi connectivity index (χ0v) is 15.9. The SMILES string of the molecule is O=C(NCC(=O)N1CCN(C(=O)c2ccccc2C(F)(F)F)CC1)c1cccnc1. The van der Waals surface area contributed by atoms with Crippen molar-refractivity contribution in [2.75, 3.05) is 32.7 Å². The molecule has 158 valence electrons. The number of alkyl halides is 3. The maximum absolute atomic E-state index is 13.2. The second-order valence-corrected chi connectivity index (χ2v) is 6.64. The Morgan fingerprint density at radius 3 is 2.27 bits per heavy atom. The average molecular weight is 420 g/mol. The van der Waals surface area contributed by atoms with Gasteiger partial charge in [-0.15, -0.1) is 0 Å². The van der Waals surface area contributed by atoms with E-state index in [4.69, 9.17) is 0 Å². The van der Waals surface area contributed by atoms with Crippen LogP contribution in [-0.2, 0) is 11.0 Å². The second-order valence-electron chi connectivity index (χ2n) is 6.64. The fraction of sp³-hybridized carbons (Fsp3) is 0.300. The molecule has 0 spiro atoms. The number of aromatic nitrogens is 1. The van der Waals surface area contributed by atoms with Gasteiger partial charge in [0, 0.05) is 38.6 Å². The number of nitrogens with zero attached hydrogens (tertiary/aromatic N) is 3. The number of pyridine rings is 1. The minimum atomic E-state index is -4.63. The zero-order valence-electron chi connectivity index (χ0n) is 15.9. The summed E-state index contributed by atoms with van der Waals surface area (Å²) in [5.74, 6) is -1.50. The molecule has 2 heterocycles. The lowest BCUT2D eigenvalue weighted by Gasteiger charge is -2.35. The van der Waals surface area contributed by atoms with Crippen molar-refractivity contribution in [1.82, 2.24) is 20.1 Å². The van der Waals surface area contributed by atoms with Gasteiger partial charge in [-0.25, -0.2) is 0 Å². The monoisotopic (exact) mass is 420 g/mol. The van der Waals surface area contributed by atoms with E-state index in [9.17, 15) is 27.6 Å². The highest BCUT2D eigenvalue weighted by Crippen LogP contribution is 2.32. The third-order valence-corrected chi connectivity index (χ3v) is 4.71. The number of amides is 3. The Hall–Kier alpha value is -3.43. The highest BCUT2D eigenvalue weighted by Gasteiger charge is 2.36. The van der Waals surface area contributed by atoms with Crippen molar-refractivity contribution in [2.45, 2.75) is 6.18 Å². The Morgan fingerprint density at radius 2 is 1.63 bits per heavy atom. The van der Waals surface area contributed by atoms with Crippen molar-refractivity contribution in [3.63, 3.8) is 0 Å². The van der Waals surface area contributed by atoms with Crippen LogP contribution in [0, 0.1) is 0 Å². The molecule has 1 aromatic carbocycles. The van der Waals surface area contributed by atoms with Gasteiger partial charge in [-0.2, -0.15) is 13.2 Å². The molecule has 1 aromatic heterocycles. The minimum Gasteiger partial charge on any atom is -0.343 e. The molecule has 30 heavy (non-hydrogen) atoms. The lowest BCUT2D eigenvalue weighted by Crippen LogP contribution is -2.52. The molecule has 0 atom stereocenters. The normalized spacial score (nSPS) is 14.4. The number of halogens is 3. The number of hydrogen-bond donors (Lipinski definition) is 1. The first kappa shape index (κ1) is 21.3. The summed E-state index contributed by atoms with van der Waals surface area (Å²) in [5.41, 5.74) is -1.07. The molecule has 0 aliphatic carbocycles. The number of piperazine rings is 1. The van der Waals surface area contributed by atoms with Crippen LogP contribution in [0.2, 0.25) is 0 Å². The van der Waals surface area contributed by atoms with E-state index < -0.39 is 29.1 Å². The van der Waals surface area contributed by atoms with Gasteiger partial charge in [-0.3, -0.25) is 19.4 Å². The molecule has 2 aromatic rings. The summed E-state index contributed by atoms with van der Waals surface area (Å²) in [4.78, 5) is 43.4. The summed E-state index contributed by atoms with van der Waals surface area (Å²) in [5, 5.41) is 2.50. The van der Waals surface area contributed by atoms with Crippen molar-refractivity contribution in [3.8, 4) is 0 Å². The van der Waals surface area contributed by atoms with Gasteiger partial charge in [0.15, 0.2) is 0 Å². The number of hydrogen-bond acceptors (Lipinski definition) is 4. The first-order chi connectivity index (χ1) is 14.3. The van der Waals surface area contributed by atoms with E-state index in [-0.39, 0.29) is 38.6 Å². The van der Waals surface area contributed by atoms with Crippen LogP contribution >= 0.6 is 0 Å². The lowest BCUT2D eigenvalue weighted by molar-refractivity contribution is -0.138. The van der Waals surface area contributed by atoms with Crippen LogP contribution in [0.1, 0.15) is 26.3 Å². The molecule has 10 heteroatoms. The minimum absolute atomic E-state index is 0.104. The van der Waals surface area contributed by atoms with Crippen LogP contribution in [0.15, 0.2) is 48.8 Å². The summed E-state index contributed by atoms with van der Waals surface area (Å²) in [7, 11) is 0. The van der Waals surface area contributed by atoms with Crippen molar-refractivity contribution in [3.05, 3.63) is 65.5 Å². The van der Waals surface area contributed by atoms with Gasteiger partial charge in [0.2, 0.25) is 5.91 Å². The Balaban J connectivity index is 1.54. The fourth-order valence-electron chi connectivity index (χ4n) is 3.11. The Bertz CT molecular complexity index is 926. The zero-order chi connectivity index (χ0) is 21.7. The van der Waals surface area contributed by atoms with Gasteiger partial charge in [0.1, 0.15) is 0 Å². The molecule has 0 unspecified atom stereocenters. The van der Waals surface area contributed by atoms with E-state index in [0.29, 0.717) is 5.56 Å². The number of benzene rings is 1. The summed E-state index contributed by atoms with van der Waals surface area (Å²) >= 11 is 0. The molecule has 1 N–H and O–H groups in total. The van der Waals surface area contributed by atoms with Gasteiger partial charge in [0.25, 0.3) is 11.8 Å². The van der Waals surface area contributed by atoms with Crippen LogP contribution in [0.5, 0.6) is 0 Å². The van der Waals surface area contributed by atoms with Gasteiger partial charge in [-0.05, 0) is 24.3 Å². The topological polar surface area (TPSA) is 82.6 Å². The highest BCUT2D eigenvalue weighted by atomic mass is 19.4. The van der Waals surface area contributed by atoms with Gasteiger partial charge in [-0.1, -0.05) is 12.1 Å². The largest absolute Gasteiger partial charge is 0.417 e. The summed E-state index contributed by atoms with van der Waals surface area (Å²) in [6, 6.07) is 7.80. The smallest absolute Gasteiger partial charge is 0.343 e. The number of carbonyl (C=O) groups is 3. The van der Waals surface area contributed by atoms with Crippen LogP contribution in [0.3, 0.4) is 0 Å². The molecule has 1 aliphatic rings. The van der Waals surface area contributed by atoms with Crippen LogP contribution in [0.4, 0.5) is 13.2 Å². The molecule has 3 amide bonds. The van der Waals surface area contributed by atoms with E-state index in [1.54, 1.807) is 12.1 Å². The molecule has 1 saturated heterocycles. The van der Waals surface area contributed by atoms with Crippen LogP contribution < -0.4 is 5.32 Å². The molecule has 1 fully saturated rings. The summed E-state index contributed by atoms with van der Waals surface area (Å²) in [6.45, 7) is 0.322. The molecule has 3 rings (SSSR count). The van der Waals surface area contributed by atoms with Crippen molar-refractivity contribution < 1.29 is 27.6 Å². The molecule has 7 nitrogen and oxygen atoms in total. The average Bonchev–Trinajstić information content (AvgIpc) is 2.77. The van der Waals surface area contributed by atoms with E-state index in [1.807, 2.05) is 0 Å². The number of rotatable bonds is 4. The van der Waals surface area contributed by atoms with E-state index in [1.165, 1.54) is 34.3 Å². The van der Waals surface area contributed by atoms with E-state index in [2.05, 4.69) is 10.3 Å². The van der Waals surface area contributed by atoms with Gasteiger partial charge < -0.3 is 15.1 Å². The van der Waals surface area contributed by atoms with Crippen molar-refractivity contribution >= 4 is 17.7 Å². The predicted octanol–water partition coefficient (Wildman–Crippen LogP) is 1.81. The maximum atomic E-state index is 13.2. The number of carbonyl (C=O) groups excluding carboxylic acids is 3. The molecular formula is C20H19F3N4O3. The molecule has 0 saturated carbocycles. The molecule has 1 aliphatic heterocycles. The van der Waals surface area contributed by atoms with Crippen LogP contribution in [0.25, 0.3) is 0 Å². The second kappa shape index (κ2) is 8.93. The third kappa shape index (κ3) is 4.94. The predicted molar refractivity (Wildman–Crippen MR) is 100 cm³/mol. The summed E-state index contributed by atoms with van der Waals surface area (Å²) < 4.78 is 39.5. The van der Waals surface area contributed by atoms with Crippen LogP contribution in [-0.4, -0.2) is 65.2 Å². The van der Waals surface area contributed by atoms with Crippen molar-refractivity contribution in [1.29, 1.82) is 0 Å². The first-order valence-corrected chi connectivity index (χ1v) is 9.19. The Morgan fingerprint density at radius 1 is 0.967 bits per heavy atom. The van der Waals surface area contributed by atoms with E-state index >= 15 is 0 Å². The number of nitrogens with one attached hydrogen (secondary N) is 1. The van der Waals surface area contributed by atoms with Gasteiger partial charge in [0.05, 0.1) is 23.2 Å². The lowest BCUT2D eigenvalue weighted by atomic mass is 10.1. The third-order valence-electron chi connectivity index (χ3n) is 4.71. The quantitative estimate of drug-likeness (QED) is 0.818. The molecule has 0 radical (unpaired) electrons. The van der Waals surface area contributed by atoms with Gasteiger partial charge >= 0.3 is 6.18 Å². The Kier molecular flexibility index (Phi) is 6.34.